The highest BCUT2D eigenvalue weighted by molar-refractivity contribution is 7.92. The number of benzene rings is 2. The van der Waals surface area contributed by atoms with Crippen LogP contribution in [0.4, 0.5) is 15.8 Å². The Hall–Kier alpha value is -2.41. The minimum atomic E-state index is -3.80. The number of amides is 1. The zero-order chi connectivity index (χ0) is 16.6. The van der Waals surface area contributed by atoms with Crippen molar-refractivity contribution in [3.05, 3.63) is 53.8 Å². The summed E-state index contributed by atoms with van der Waals surface area (Å²) in [5.41, 5.74) is 1.97. The molecule has 3 rings (SSSR count). The number of nitrogens with zero attached hydrogens (tertiary/aromatic N) is 1. The monoisotopic (exact) mass is 334 g/mol. The number of sulfonamides is 1. The highest BCUT2D eigenvalue weighted by Gasteiger charge is 2.26. The highest BCUT2D eigenvalue weighted by atomic mass is 32.2. The average Bonchev–Trinajstić information content (AvgIpc) is 2.81. The van der Waals surface area contributed by atoms with Crippen LogP contribution in [-0.2, 0) is 21.2 Å². The second kappa shape index (κ2) is 5.66. The molecule has 23 heavy (non-hydrogen) atoms. The fourth-order valence-corrected chi connectivity index (χ4v) is 3.67. The van der Waals surface area contributed by atoms with Crippen LogP contribution in [0.3, 0.4) is 0 Å². The number of halogens is 1. The zero-order valence-electron chi connectivity index (χ0n) is 12.4. The van der Waals surface area contributed by atoms with E-state index in [-0.39, 0.29) is 17.2 Å². The minimum Gasteiger partial charge on any atom is -0.312 e. The fourth-order valence-electron chi connectivity index (χ4n) is 2.62. The molecule has 2 aromatic carbocycles. The summed E-state index contributed by atoms with van der Waals surface area (Å²) in [6, 6.07) is 9.59. The average molecular weight is 334 g/mol. The van der Waals surface area contributed by atoms with Gasteiger partial charge >= 0.3 is 0 Å². The predicted molar refractivity (Wildman–Crippen MR) is 85.4 cm³/mol. The molecule has 1 N–H and O–H groups in total. The van der Waals surface area contributed by atoms with Gasteiger partial charge in [0.15, 0.2) is 0 Å². The summed E-state index contributed by atoms with van der Waals surface area (Å²) in [5, 5.41) is 0. The highest BCUT2D eigenvalue weighted by Crippen LogP contribution is 2.31. The first-order valence-electron chi connectivity index (χ1n) is 7.12. The van der Waals surface area contributed by atoms with Gasteiger partial charge in [-0.15, -0.1) is 0 Å². The van der Waals surface area contributed by atoms with Crippen molar-refractivity contribution in [2.75, 3.05) is 16.2 Å². The number of hydrogen-bond donors (Lipinski definition) is 1. The smallest absolute Gasteiger partial charge is 0.261 e. The lowest BCUT2D eigenvalue weighted by Gasteiger charge is -2.15. The van der Waals surface area contributed by atoms with Crippen LogP contribution >= 0.6 is 0 Å². The lowest BCUT2D eigenvalue weighted by atomic mass is 10.1. The van der Waals surface area contributed by atoms with E-state index in [9.17, 15) is 17.6 Å². The van der Waals surface area contributed by atoms with Crippen LogP contribution < -0.4 is 9.62 Å². The van der Waals surface area contributed by atoms with Crippen LogP contribution in [-0.4, -0.2) is 20.9 Å². The van der Waals surface area contributed by atoms with Crippen LogP contribution in [0.1, 0.15) is 12.5 Å². The molecular weight excluding hydrogens is 319 g/mol. The quantitative estimate of drug-likeness (QED) is 0.934. The van der Waals surface area contributed by atoms with E-state index in [1.807, 2.05) is 6.92 Å². The van der Waals surface area contributed by atoms with E-state index < -0.39 is 15.8 Å². The number of hydrogen-bond acceptors (Lipinski definition) is 3. The number of likely N-dealkylation sites (N-methyl/N-ethyl adjacent to an activating group) is 1. The van der Waals surface area contributed by atoms with Gasteiger partial charge in [-0.05, 0) is 55.0 Å². The second-order valence-electron chi connectivity index (χ2n) is 5.22. The van der Waals surface area contributed by atoms with Crippen molar-refractivity contribution in [2.45, 2.75) is 18.2 Å². The van der Waals surface area contributed by atoms with Gasteiger partial charge in [0.1, 0.15) is 5.82 Å². The topological polar surface area (TPSA) is 66.5 Å². The van der Waals surface area contributed by atoms with Crippen molar-refractivity contribution in [2.24, 2.45) is 0 Å². The largest absolute Gasteiger partial charge is 0.312 e. The first-order valence-corrected chi connectivity index (χ1v) is 8.60. The van der Waals surface area contributed by atoms with Crippen molar-refractivity contribution in [1.29, 1.82) is 0 Å². The summed E-state index contributed by atoms with van der Waals surface area (Å²) < 4.78 is 39.9. The molecule has 1 amide bonds. The Morgan fingerprint density at radius 1 is 1.17 bits per heavy atom. The van der Waals surface area contributed by atoms with E-state index in [0.717, 1.165) is 23.4 Å². The maximum atomic E-state index is 12.9. The third kappa shape index (κ3) is 2.92. The molecular formula is C16H15FN2O3S. The Kier molecular flexibility index (Phi) is 3.81. The second-order valence-corrected chi connectivity index (χ2v) is 6.90. The molecule has 0 bridgehead atoms. The predicted octanol–water partition coefficient (Wildman–Crippen LogP) is 2.54. The Balaban J connectivity index is 1.88. The van der Waals surface area contributed by atoms with Gasteiger partial charge in [-0.2, -0.15) is 0 Å². The Bertz CT molecular complexity index is 863. The summed E-state index contributed by atoms with van der Waals surface area (Å²) >= 11 is 0. The molecule has 0 spiro atoms. The van der Waals surface area contributed by atoms with E-state index >= 15 is 0 Å². The molecule has 0 aromatic heterocycles. The third-order valence-electron chi connectivity index (χ3n) is 3.71. The van der Waals surface area contributed by atoms with E-state index in [0.29, 0.717) is 12.2 Å². The van der Waals surface area contributed by atoms with E-state index in [2.05, 4.69) is 4.72 Å². The number of rotatable bonds is 4. The van der Waals surface area contributed by atoms with Gasteiger partial charge in [-0.25, -0.2) is 12.8 Å². The molecule has 0 fully saturated rings. The first kappa shape index (κ1) is 15.5. The maximum Gasteiger partial charge on any atom is 0.261 e. The zero-order valence-corrected chi connectivity index (χ0v) is 13.2. The molecule has 0 unspecified atom stereocenters. The Labute approximate surface area is 133 Å². The lowest BCUT2D eigenvalue weighted by Crippen LogP contribution is -2.25. The molecule has 0 radical (unpaired) electrons. The van der Waals surface area contributed by atoms with Crippen LogP contribution in [0, 0.1) is 5.82 Å². The van der Waals surface area contributed by atoms with Gasteiger partial charge < -0.3 is 4.90 Å². The van der Waals surface area contributed by atoms with Crippen LogP contribution in [0.15, 0.2) is 47.4 Å². The van der Waals surface area contributed by atoms with Crippen LogP contribution in [0.5, 0.6) is 0 Å². The van der Waals surface area contributed by atoms with E-state index in [4.69, 9.17) is 0 Å². The fraction of sp³-hybridized carbons (Fsp3) is 0.188. The van der Waals surface area contributed by atoms with Crippen molar-refractivity contribution in [3.8, 4) is 0 Å². The molecule has 120 valence electrons. The molecule has 7 heteroatoms. The van der Waals surface area contributed by atoms with Crippen molar-refractivity contribution < 1.29 is 17.6 Å². The SMILES string of the molecule is CCN1C(=O)Cc2cc(NS(=O)(=O)c3ccc(F)cc3)ccc21. The first-order chi connectivity index (χ1) is 10.9. The molecule has 0 atom stereocenters. The normalized spacial score (nSPS) is 14.0. The van der Waals surface area contributed by atoms with Crippen molar-refractivity contribution in [3.63, 3.8) is 0 Å². The van der Waals surface area contributed by atoms with Gasteiger partial charge in [-0.1, -0.05) is 0 Å². The molecule has 1 aliphatic heterocycles. The van der Waals surface area contributed by atoms with E-state index in [1.165, 1.54) is 12.1 Å². The van der Waals surface area contributed by atoms with Gasteiger partial charge in [0.05, 0.1) is 11.3 Å². The molecule has 0 saturated heterocycles. The number of carbonyl (C=O) groups is 1. The molecule has 1 heterocycles. The van der Waals surface area contributed by atoms with Gasteiger partial charge in [0, 0.05) is 17.9 Å². The van der Waals surface area contributed by atoms with Gasteiger partial charge in [0.2, 0.25) is 5.91 Å². The molecule has 5 nitrogen and oxygen atoms in total. The minimum absolute atomic E-state index is 0.000965. The van der Waals surface area contributed by atoms with Crippen molar-refractivity contribution in [1.82, 2.24) is 0 Å². The summed E-state index contributed by atoms with van der Waals surface area (Å²) in [5.74, 6) is -0.499. The summed E-state index contributed by atoms with van der Waals surface area (Å²) in [6.07, 6.45) is 0.259. The number of carbonyl (C=O) groups excluding carboxylic acids is 1. The summed E-state index contributed by atoms with van der Waals surface area (Å²) in [7, 11) is -3.80. The van der Waals surface area contributed by atoms with Crippen molar-refractivity contribution >= 4 is 27.3 Å². The molecule has 1 aliphatic rings. The Morgan fingerprint density at radius 2 is 1.87 bits per heavy atom. The van der Waals surface area contributed by atoms with Gasteiger partial charge in [-0.3, -0.25) is 9.52 Å². The lowest BCUT2D eigenvalue weighted by molar-refractivity contribution is -0.117. The van der Waals surface area contributed by atoms with Crippen LogP contribution in [0.2, 0.25) is 0 Å². The summed E-state index contributed by atoms with van der Waals surface area (Å²) in [6.45, 7) is 2.46. The number of nitrogens with one attached hydrogen (secondary N) is 1. The Morgan fingerprint density at radius 3 is 2.52 bits per heavy atom. The molecule has 0 saturated carbocycles. The molecule has 0 aliphatic carbocycles. The van der Waals surface area contributed by atoms with Gasteiger partial charge in [0.25, 0.3) is 10.0 Å². The number of anilines is 2. The molecule has 2 aromatic rings. The summed E-state index contributed by atoms with van der Waals surface area (Å²) in [4.78, 5) is 13.5. The maximum absolute atomic E-state index is 12.9. The van der Waals surface area contributed by atoms with E-state index in [1.54, 1.807) is 23.1 Å². The van der Waals surface area contributed by atoms with Crippen LogP contribution in [0.25, 0.3) is 0 Å². The third-order valence-corrected chi connectivity index (χ3v) is 5.10. The number of fused-ring (bicyclic) bond motifs is 1. The standard InChI is InChI=1S/C16H15FN2O3S/c1-2-19-15-8-5-13(9-11(15)10-16(19)20)18-23(21,22)14-6-3-12(17)4-7-14/h3-9,18H,2,10H2,1H3.